The van der Waals surface area contributed by atoms with Crippen LogP contribution in [0.15, 0.2) is 36.4 Å². The molecule has 2 aliphatic heterocycles. The molecule has 2 aromatic carbocycles. The molecule has 2 N–H and O–H groups in total. The number of carbonyl (C=O) groups excluding carboxylic acids is 1. The van der Waals surface area contributed by atoms with E-state index in [4.69, 9.17) is 0 Å². The first-order valence-corrected chi connectivity index (χ1v) is 9.21. The minimum atomic E-state index is -4.42. The number of fused-ring (bicyclic) bond motifs is 1. The van der Waals surface area contributed by atoms with Crippen molar-refractivity contribution in [2.75, 3.05) is 18.5 Å². The van der Waals surface area contributed by atoms with Gasteiger partial charge in [-0.3, -0.25) is 4.79 Å². The molecule has 2 aliphatic rings. The maximum atomic E-state index is 13.6. The number of carbonyl (C=O) groups is 1. The molecule has 1 atom stereocenters. The lowest BCUT2D eigenvalue weighted by molar-refractivity contribution is -0.139. The molecule has 29 heavy (non-hydrogen) atoms. The Morgan fingerprint density at radius 1 is 1.00 bits per heavy atom. The van der Waals surface area contributed by atoms with Crippen LogP contribution >= 0.6 is 0 Å². The summed E-state index contributed by atoms with van der Waals surface area (Å²) in [5.74, 6) is -2.69. The van der Waals surface area contributed by atoms with Crippen LogP contribution in [0.25, 0.3) is 0 Å². The van der Waals surface area contributed by atoms with Crippen LogP contribution in [0, 0.1) is 11.6 Å². The van der Waals surface area contributed by atoms with Gasteiger partial charge in [-0.05, 0) is 36.5 Å². The molecule has 0 saturated carbocycles. The fourth-order valence-electron chi connectivity index (χ4n) is 4.04. The second-order valence-electron chi connectivity index (χ2n) is 7.24. The molecular weight excluding hydrogens is 393 g/mol. The van der Waals surface area contributed by atoms with Gasteiger partial charge in [-0.15, -0.1) is 0 Å². The number of nitrogens with one attached hydrogen (secondary N) is 2. The number of hydrazine groups is 1. The summed E-state index contributed by atoms with van der Waals surface area (Å²) in [7, 11) is 0. The van der Waals surface area contributed by atoms with Crippen LogP contribution in [-0.4, -0.2) is 23.9 Å². The van der Waals surface area contributed by atoms with Gasteiger partial charge < -0.3 is 10.3 Å². The summed E-state index contributed by atoms with van der Waals surface area (Å²) in [6.07, 6.45) is -3.64. The van der Waals surface area contributed by atoms with Crippen LogP contribution in [0.4, 0.5) is 27.6 Å². The summed E-state index contributed by atoms with van der Waals surface area (Å²) < 4.78 is 66.8. The van der Waals surface area contributed by atoms with Crippen LogP contribution in [0.2, 0.25) is 0 Å². The number of amides is 1. The maximum absolute atomic E-state index is 13.6. The normalized spacial score (nSPS) is 19.8. The van der Waals surface area contributed by atoms with E-state index in [1.165, 1.54) is 12.1 Å². The third-order valence-electron chi connectivity index (χ3n) is 5.51. The lowest BCUT2D eigenvalue weighted by atomic mass is 9.86. The summed E-state index contributed by atoms with van der Waals surface area (Å²) in [4.78, 5) is 14.4. The molecule has 0 aromatic heterocycles. The highest BCUT2D eigenvalue weighted by atomic mass is 19.4. The van der Waals surface area contributed by atoms with Gasteiger partial charge in [0, 0.05) is 24.7 Å². The van der Waals surface area contributed by atoms with E-state index in [-0.39, 0.29) is 36.2 Å². The SMILES string of the molecule is O=C(C1NNc2cc(F)c(F)cc21)N1CCC(c2ccccc2C(F)(F)F)CC1. The van der Waals surface area contributed by atoms with Gasteiger partial charge in [0.1, 0.15) is 6.04 Å². The highest BCUT2D eigenvalue weighted by Crippen LogP contribution is 2.39. The Labute approximate surface area is 163 Å². The van der Waals surface area contributed by atoms with Crippen molar-refractivity contribution >= 4 is 11.6 Å². The molecule has 1 unspecified atom stereocenters. The van der Waals surface area contributed by atoms with E-state index < -0.39 is 29.4 Å². The fourth-order valence-corrected chi connectivity index (χ4v) is 4.04. The number of rotatable bonds is 2. The fraction of sp³-hybridized carbons (Fsp3) is 0.350. The van der Waals surface area contributed by atoms with Crippen molar-refractivity contribution in [3.05, 3.63) is 64.7 Å². The molecule has 0 bridgehead atoms. The van der Waals surface area contributed by atoms with E-state index in [0.717, 1.165) is 18.2 Å². The number of nitrogens with zero attached hydrogens (tertiary/aromatic N) is 1. The molecule has 4 nitrogen and oxygen atoms in total. The zero-order valence-corrected chi connectivity index (χ0v) is 15.2. The molecule has 154 valence electrons. The molecule has 2 heterocycles. The van der Waals surface area contributed by atoms with Gasteiger partial charge in [-0.25, -0.2) is 14.2 Å². The standard InChI is InChI=1S/C20H18F5N3O/c21-15-9-13-17(10-16(15)22)26-27-18(13)19(29)28-7-5-11(6-8-28)12-3-1-2-4-14(12)20(23,24)25/h1-4,9-11,18,26-27H,5-8H2. The topological polar surface area (TPSA) is 44.4 Å². The lowest BCUT2D eigenvalue weighted by Crippen LogP contribution is -2.43. The number of likely N-dealkylation sites (tertiary alicyclic amines) is 1. The Kier molecular flexibility index (Phi) is 4.94. The molecule has 9 heteroatoms. The van der Waals surface area contributed by atoms with Crippen LogP contribution in [0.3, 0.4) is 0 Å². The summed E-state index contributed by atoms with van der Waals surface area (Å²) in [6, 6.07) is 6.59. The molecular formula is C20H18F5N3O. The van der Waals surface area contributed by atoms with E-state index in [1.54, 1.807) is 11.0 Å². The molecule has 1 fully saturated rings. The van der Waals surface area contributed by atoms with E-state index in [0.29, 0.717) is 18.4 Å². The number of halogens is 5. The average Bonchev–Trinajstić information content (AvgIpc) is 3.10. The van der Waals surface area contributed by atoms with Crippen LogP contribution in [0.1, 0.15) is 41.5 Å². The zero-order chi connectivity index (χ0) is 20.8. The number of hydrogen-bond acceptors (Lipinski definition) is 3. The number of hydrogen-bond donors (Lipinski definition) is 2. The third-order valence-corrected chi connectivity index (χ3v) is 5.51. The zero-order valence-electron chi connectivity index (χ0n) is 15.2. The summed E-state index contributed by atoms with van der Waals surface area (Å²) >= 11 is 0. The molecule has 0 aliphatic carbocycles. The van der Waals surface area contributed by atoms with Crippen molar-refractivity contribution in [3.63, 3.8) is 0 Å². The molecule has 0 radical (unpaired) electrons. The van der Waals surface area contributed by atoms with E-state index in [2.05, 4.69) is 10.9 Å². The summed E-state index contributed by atoms with van der Waals surface area (Å²) in [6.45, 7) is 0.569. The van der Waals surface area contributed by atoms with Gasteiger partial charge in [0.05, 0.1) is 11.3 Å². The van der Waals surface area contributed by atoms with Gasteiger partial charge in [-0.2, -0.15) is 13.2 Å². The number of alkyl halides is 3. The van der Waals surface area contributed by atoms with Gasteiger partial charge >= 0.3 is 6.18 Å². The van der Waals surface area contributed by atoms with Gasteiger partial charge in [0.25, 0.3) is 0 Å². The average molecular weight is 411 g/mol. The minimum absolute atomic E-state index is 0.246. The minimum Gasteiger partial charge on any atom is -0.341 e. The van der Waals surface area contributed by atoms with Crippen LogP contribution < -0.4 is 10.9 Å². The van der Waals surface area contributed by atoms with E-state index in [9.17, 15) is 26.7 Å². The maximum Gasteiger partial charge on any atom is 0.416 e. The second-order valence-corrected chi connectivity index (χ2v) is 7.24. The van der Waals surface area contributed by atoms with Crippen molar-refractivity contribution in [2.45, 2.75) is 31.0 Å². The smallest absolute Gasteiger partial charge is 0.341 e. The van der Waals surface area contributed by atoms with Crippen LogP contribution in [-0.2, 0) is 11.0 Å². The Bertz CT molecular complexity index is 938. The van der Waals surface area contributed by atoms with Gasteiger partial charge in [0.15, 0.2) is 11.6 Å². The van der Waals surface area contributed by atoms with Crippen LogP contribution in [0.5, 0.6) is 0 Å². The predicted molar refractivity (Wildman–Crippen MR) is 95.9 cm³/mol. The van der Waals surface area contributed by atoms with Crippen molar-refractivity contribution in [3.8, 4) is 0 Å². The molecule has 2 aromatic rings. The predicted octanol–water partition coefficient (Wildman–Crippen LogP) is 4.36. The van der Waals surface area contributed by atoms with Gasteiger partial charge in [0.2, 0.25) is 5.91 Å². The van der Waals surface area contributed by atoms with Crippen molar-refractivity contribution in [1.82, 2.24) is 10.3 Å². The van der Waals surface area contributed by atoms with Crippen molar-refractivity contribution < 1.29 is 26.7 Å². The van der Waals surface area contributed by atoms with Gasteiger partial charge in [-0.1, -0.05) is 18.2 Å². The number of piperidine rings is 1. The highest BCUT2D eigenvalue weighted by Gasteiger charge is 2.38. The first-order chi connectivity index (χ1) is 13.8. The highest BCUT2D eigenvalue weighted by molar-refractivity contribution is 5.87. The third kappa shape index (κ3) is 3.66. The largest absolute Gasteiger partial charge is 0.416 e. The Balaban J connectivity index is 1.47. The first kappa shape index (κ1) is 19.6. The Hall–Kier alpha value is -2.68. The number of anilines is 1. The first-order valence-electron chi connectivity index (χ1n) is 9.21. The molecule has 1 amide bonds. The van der Waals surface area contributed by atoms with Crippen molar-refractivity contribution in [1.29, 1.82) is 0 Å². The lowest BCUT2D eigenvalue weighted by Gasteiger charge is -2.34. The van der Waals surface area contributed by atoms with Crippen molar-refractivity contribution in [2.24, 2.45) is 0 Å². The van der Waals surface area contributed by atoms with E-state index >= 15 is 0 Å². The molecule has 4 rings (SSSR count). The summed E-state index contributed by atoms with van der Waals surface area (Å²) in [5.41, 5.74) is 5.59. The monoisotopic (exact) mass is 411 g/mol. The Morgan fingerprint density at radius 2 is 1.66 bits per heavy atom. The Morgan fingerprint density at radius 3 is 2.34 bits per heavy atom. The molecule has 1 saturated heterocycles. The second kappa shape index (κ2) is 7.29. The quantitative estimate of drug-likeness (QED) is 0.722. The molecule has 0 spiro atoms. The van der Waals surface area contributed by atoms with E-state index in [1.807, 2.05) is 0 Å². The summed E-state index contributed by atoms with van der Waals surface area (Å²) in [5, 5.41) is 0. The number of benzene rings is 2.